The highest BCUT2D eigenvalue weighted by Crippen LogP contribution is 2.45. The van der Waals surface area contributed by atoms with Gasteiger partial charge >= 0.3 is 5.97 Å². The molecule has 3 N–H and O–H groups in total. The van der Waals surface area contributed by atoms with E-state index in [1.54, 1.807) is 66.7 Å². The molecule has 3 aromatic carbocycles. The van der Waals surface area contributed by atoms with Crippen LogP contribution in [-0.4, -0.2) is 36.1 Å². The van der Waals surface area contributed by atoms with E-state index < -0.39 is 23.0 Å². The highest BCUT2D eigenvalue weighted by atomic mass is 35.5. The molecule has 5 rings (SSSR count). The van der Waals surface area contributed by atoms with Gasteiger partial charge in [-0.3, -0.25) is 14.4 Å². The number of carbonyl (C=O) groups is 4. The quantitative estimate of drug-likeness (QED) is 0.0794. The summed E-state index contributed by atoms with van der Waals surface area (Å²) in [5.41, 5.74) is 2.85. The Morgan fingerprint density at radius 2 is 1.75 bits per heavy atom. The van der Waals surface area contributed by atoms with Gasteiger partial charge in [0.15, 0.2) is 0 Å². The molecule has 0 aliphatic heterocycles. The topological polar surface area (TPSA) is 114 Å². The standard InChI is InChI=1S/C40H41Cl2N3O5S2/c1-6-32(37(48)45-38-34(39(49)50-5)29-18-16-25(40(2,3)4)20-33(29)52-38)51-28-14-10-13-27(22-28)43-36(47)31(19-24-15-17-26(41)21-30(24)42)44-35(46)23-11-8-7-9-12-23/h7-15,17,19,21-22,25,32H,6,16,18,20H2,1-5H3,(H,43,47)(H,44,46)(H,45,48)/b31-19+. The fraction of sp³-hybridized carbons (Fsp3) is 0.300. The molecule has 2 unspecified atom stereocenters. The molecular formula is C40H41Cl2N3O5S2. The van der Waals surface area contributed by atoms with Crippen LogP contribution in [0.3, 0.4) is 0 Å². The van der Waals surface area contributed by atoms with E-state index in [2.05, 4.69) is 36.7 Å². The van der Waals surface area contributed by atoms with Crippen LogP contribution in [0.25, 0.3) is 6.08 Å². The Labute approximate surface area is 322 Å². The molecule has 1 heterocycles. The molecule has 272 valence electrons. The first kappa shape index (κ1) is 39.1. The van der Waals surface area contributed by atoms with Gasteiger partial charge in [-0.15, -0.1) is 23.1 Å². The molecule has 0 fully saturated rings. The summed E-state index contributed by atoms with van der Waals surface area (Å²) in [6.07, 6.45) is 4.58. The average Bonchev–Trinajstić information content (AvgIpc) is 3.48. The average molecular weight is 779 g/mol. The fourth-order valence-corrected chi connectivity index (χ4v) is 8.77. The van der Waals surface area contributed by atoms with E-state index in [1.807, 2.05) is 13.0 Å². The first-order valence-corrected chi connectivity index (χ1v) is 19.4. The summed E-state index contributed by atoms with van der Waals surface area (Å²) < 4.78 is 5.15. The number of hydrogen-bond acceptors (Lipinski definition) is 7. The maximum Gasteiger partial charge on any atom is 0.341 e. The fourth-order valence-electron chi connectivity index (χ4n) is 5.97. The van der Waals surface area contributed by atoms with Crippen molar-refractivity contribution in [3.05, 3.63) is 116 Å². The van der Waals surface area contributed by atoms with Gasteiger partial charge in [0.2, 0.25) is 5.91 Å². The molecule has 1 aliphatic rings. The number of esters is 1. The van der Waals surface area contributed by atoms with Gasteiger partial charge in [-0.2, -0.15) is 0 Å². The minimum atomic E-state index is -0.576. The van der Waals surface area contributed by atoms with Gasteiger partial charge in [-0.1, -0.05) is 81.2 Å². The van der Waals surface area contributed by atoms with Crippen molar-refractivity contribution in [1.29, 1.82) is 0 Å². The Morgan fingerprint density at radius 1 is 1.00 bits per heavy atom. The summed E-state index contributed by atoms with van der Waals surface area (Å²) in [7, 11) is 1.36. The minimum absolute atomic E-state index is 0.0316. The van der Waals surface area contributed by atoms with Crippen LogP contribution >= 0.6 is 46.3 Å². The van der Waals surface area contributed by atoms with Gasteiger partial charge in [0.25, 0.3) is 11.8 Å². The SMILES string of the molecule is CCC(Sc1cccc(NC(=O)/C(=C\c2ccc(Cl)cc2Cl)NC(=O)c2ccccc2)c1)C(=O)Nc1sc2c(c1C(=O)OC)CCC(C(C)(C)C)C2. The molecule has 2 atom stereocenters. The zero-order valence-corrected chi connectivity index (χ0v) is 32.7. The first-order valence-electron chi connectivity index (χ1n) is 16.9. The maximum atomic E-state index is 13.7. The second-order valence-corrected chi connectivity index (χ2v) is 16.8. The van der Waals surface area contributed by atoms with E-state index in [0.29, 0.717) is 49.8 Å². The summed E-state index contributed by atoms with van der Waals surface area (Å²) in [5, 5.41) is 9.40. The third-order valence-corrected chi connectivity index (χ3v) is 12.0. The van der Waals surface area contributed by atoms with Crippen LogP contribution in [0.4, 0.5) is 10.7 Å². The highest BCUT2D eigenvalue weighted by Gasteiger charge is 2.35. The largest absolute Gasteiger partial charge is 0.465 e. The lowest BCUT2D eigenvalue weighted by Crippen LogP contribution is -2.30. The lowest BCUT2D eigenvalue weighted by Gasteiger charge is -2.33. The first-order chi connectivity index (χ1) is 24.8. The molecule has 52 heavy (non-hydrogen) atoms. The number of hydrogen-bond donors (Lipinski definition) is 3. The number of benzene rings is 3. The smallest absolute Gasteiger partial charge is 0.341 e. The number of thiophene rings is 1. The number of nitrogens with one attached hydrogen (secondary N) is 3. The summed E-state index contributed by atoms with van der Waals surface area (Å²) >= 11 is 15.3. The summed E-state index contributed by atoms with van der Waals surface area (Å²) in [4.78, 5) is 55.3. The molecule has 0 saturated carbocycles. The van der Waals surface area contributed by atoms with Gasteiger partial charge in [-0.25, -0.2) is 4.79 Å². The minimum Gasteiger partial charge on any atom is -0.465 e. The molecule has 0 bridgehead atoms. The number of methoxy groups -OCH3 is 1. The number of rotatable bonds is 11. The second kappa shape index (κ2) is 17.2. The van der Waals surface area contributed by atoms with Crippen LogP contribution in [-0.2, 0) is 27.2 Å². The van der Waals surface area contributed by atoms with E-state index in [9.17, 15) is 19.2 Å². The number of carbonyl (C=O) groups excluding carboxylic acids is 4. The number of halogens is 2. The molecule has 1 aromatic heterocycles. The molecule has 0 radical (unpaired) electrons. The van der Waals surface area contributed by atoms with Gasteiger partial charge < -0.3 is 20.7 Å². The highest BCUT2D eigenvalue weighted by molar-refractivity contribution is 8.00. The van der Waals surface area contributed by atoms with Crippen molar-refractivity contribution in [3.8, 4) is 0 Å². The van der Waals surface area contributed by atoms with E-state index in [4.69, 9.17) is 27.9 Å². The van der Waals surface area contributed by atoms with E-state index >= 15 is 0 Å². The summed E-state index contributed by atoms with van der Waals surface area (Å²) in [6, 6.07) is 20.5. The van der Waals surface area contributed by atoms with Gasteiger partial charge in [0.05, 0.1) is 17.9 Å². The van der Waals surface area contributed by atoms with Gasteiger partial charge in [0, 0.05) is 31.1 Å². The zero-order valence-electron chi connectivity index (χ0n) is 29.6. The van der Waals surface area contributed by atoms with Crippen molar-refractivity contribution < 1.29 is 23.9 Å². The maximum absolute atomic E-state index is 13.7. The number of fused-ring (bicyclic) bond motifs is 1. The predicted molar refractivity (Wildman–Crippen MR) is 213 cm³/mol. The zero-order chi connectivity index (χ0) is 37.6. The van der Waals surface area contributed by atoms with E-state index in [0.717, 1.165) is 34.6 Å². The third-order valence-electron chi connectivity index (χ3n) is 8.94. The van der Waals surface area contributed by atoms with Crippen LogP contribution in [0.15, 0.2) is 83.4 Å². The number of thioether (sulfide) groups is 1. The number of anilines is 2. The Hall–Kier alpha value is -4.09. The molecule has 3 amide bonds. The Kier molecular flexibility index (Phi) is 12.9. The van der Waals surface area contributed by atoms with E-state index in [-0.39, 0.29) is 17.0 Å². The number of amides is 3. The van der Waals surface area contributed by atoms with Gasteiger partial charge in [0.1, 0.15) is 10.7 Å². The Morgan fingerprint density at radius 3 is 2.42 bits per heavy atom. The lowest BCUT2D eigenvalue weighted by molar-refractivity contribution is -0.116. The lowest BCUT2D eigenvalue weighted by atomic mass is 9.72. The van der Waals surface area contributed by atoms with Crippen molar-refractivity contribution >= 4 is 86.8 Å². The number of ether oxygens (including phenoxy) is 1. The molecular weight excluding hydrogens is 737 g/mol. The third kappa shape index (κ3) is 9.66. The monoisotopic (exact) mass is 777 g/mol. The normalized spacial score (nSPS) is 14.9. The molecule has 0 spiro atoms. The van der Waals surface area contributed by atoms with Crippen LogP contribution in [0.2, 0.25) is 10.0 Å². The van der Waals surface area contributed by atoms with E-state index in [1.165, 1.54) is 36.3 Å². The molecule has 4 aromatic rings. The van der Waals surface area contributed by atoms with Crippen molar-refractivity contribution in [2.75, 3.05) is 17.7 Å². The Balaban J connectivity index is 1.33. The Bertz CT molecular complexity index is 2010. The van der Waals surface area contributed by atoms with Crippen LogP contribution in [0.5, 0.6) is 0 Å². The van der Waals surface area contributed by atoms with Crippen molar-refractivity contribution in [1.82, 2.24) is 5.32 Å². The molecule has 8 nitrogen and oxygen atoms in total. The second-order valence-electron chi connectivity index (χ2n) is 13.5. The predicted octanol–water partition coefficient (Wildman–Crippen LogP) is 9.91. The summed E-state index contributed by atoms with van der Waals surface area (Å²) in [5.74, 6) is -1.25. The van der Waals surface area contributed by atoms with Crippen molar-refractivity contribution in [2.24, 2.45) is 11.3 Å². The van der Waals surface area contributed by atoms with Crippen molar-refractivity contribution in [2.45, 2.75) is 63.5 Å². The summed E-state index contributed by atoms with van der Waals surface area (Å²) in [6.45, 7) is 8.63. The molecule has 1 aliphatic carbocycles. The molecule has 12 heteroatoms. The van der Waals surface area contributed by atoms with Crippen molar-refractivity contribution in [3.63, 3.8) is 0 Å². The van der Waals surface area contributed by atoms with Gasteiger partial charge in [-0.05, 0) is 96.7 Å². The van der Waals surface area contributed by atoms with Crippen LogP contribution < -0.4 is 16.0 Å². The van der Waals surface area contributed by atoms with Crippen LogP contribution in [0.1, 0.15) is 77.3 Å². The van der Waals surface area contributed by atoms with Crippen LogP contribution in [0, 0.1) is 11.3 Å². The molecule has 0 saturated heterocycles.